The molecule has 0 aliphatic heterocycles. The van der Waals surface area contributed by atoms with Crippen LogP contribution in [0.2, 0.25) is 0 Å². The van der Waals surface area contributed by atoms with E-state index in [9.17, 15) is 29.1 Å². The molecule has 29 heavy (non-hydrogen) atoms. The van der Waals surface area contributed by atoms with Crippen LogP contribution in [0, 0.1) is 0 Å². The fraction of sp³-hybridized carbons (Fsp3) is 0.643. The molecule has 0 radical (unpaired) electrons. The van der Waals surface area contributed by atoms with Crippen LogP contribution in [0.1, 0.15) is 0 Å². The van der Waals surface area contributed by atoms with Crippen molar-refractivity contribution in [1.29, 1.82) is 0 Å². The first-order valence-corrected chi connectivity index (χ1v) is 7.73. The average molecular weight is 471 g/mol. The van der Waals surface area contributed by atoms with Crippen LogP contribution in [0.3, 0.4) is 0 Å². The van der Waals surface area contributed by atoms with Crippen LogP contribution in [-0.4, -0.2) is 124 Å². The molecular weight excluding hydrogens is 449 g/mol. The molecule has 0 aromatic rings. The summed E-state index contributed by atoms with van der Waals surface area (Å²) in [4.78, 5) is 57.4. The number of hydrogen-bond acceptors (Lipinski definition) is 9. The quantitative estimate of drug-likeness (QED) is 0.155. The van der Waals surface area contributed by atoms with Gasteiger partial charge in [0.25, 0.3) is 0 Å². The zero-order valence-electron chi connectivity index (χ0n) is 15.8. The Morgan fingerprint density at radius 1 is 0.552 bits per heavy atom. The van der Waals surface area contributed by atoms with Crippen molar-refractivity contribution in [1.82, 2.24) is 14.7 Å². The van der Waals surface area contributed by atoms with E-state index in [1.807, 2.05) is 0 Å². The summed E-state index contributed by atoms with van der Waals surface area (Å²) in [5.41, 5.74) is 0. The van der Waals surface area contributed by atoms with E-state index in [1.165, 1.54) is 4.90 Å². The number of carbonyl (C=O) groups is 5. The van der Waals surface area contributed by atoms with E-state index in [0.717, 1.165) is 9.80 Å². The van der Waals surface area contributed by atoms with Crippen LogP contribution in [0.25, 0.3) is 0 Å². The number of nitrogens with zero attached hydrogens (tertiary/aromatic N) is 3. The molecule has 0 bridgehead atoms. The molecule has 0 aliphatic rings. The first-order valence-electron chi connectivity index (χ1n) is 7.73. The first kappa shape index (κ1) is 32.4. The molecule has 0 aliphatic carbocycles. The van der Waals surface area contributed by atoms with Crippen LogP contribution < -0.4 is 34.7 Å². The zero-order valence-corrected chi connectivity index (χ0v) is 18.9. The molecule has 15 heteroatoms. The smallest absolute Gasteiger partial charge is 0.549 e. The molecule has 0 aromatic heterocycles. The molecule has 0 saturated heterocycles. The molecule has 0 atom stereocenters. The maximum Gasteiger partial charge on any atom is 1.00 e. The van der Waals surface area contributed by atoms with Gasteiger partial charge in [-0.1, -0.05) is 0 Å². The number of hydrogen-bond donors (Lipinski definition) is 4. The van der Waals surface area contributed by atoms with E-state index in [4.69, 9.17) is 20.4 Å². The molecule has 0 amide bonds. The minimum atomic E-state index is -1.44. The van der Waals surface area contributed by atoms with Crippen LogP contribution in [0.15, 0.2) is 0 Å². The predicted molar refractivity (Wildman–Crippen MR) is 84.9 cm³/mol. The van der Waals surface area contributed by atoms with Gasteiger partial charge in [-0.3, -0.25) is 33.9 Å². The van der Waals surface area contributed by atoms with Crippen LogP contribution in [-0.2, 0) is 41.0 Å². The number of rotatable bonds is 16. The van der Waals surface area contributed by atoms with Gasteiger partial charge in [0.05, 0.1) is 32.1 Å². The fourth-order valence-corrected chi connectivity index (χ4v) is 2.21. The number of aliphatic carboxylic acids is 5. The standard InChI is InChI=1S/C14H23N3O10.Fe.Na/c18-10(19)5-15(1-3-16(6-11(20)21)7-12(22)23)2-4-17(8-13(24)25)9-14(26)27;;/h1-9H2,(H,18,19)(H,20,21)(H,22,23)(H,24,25)(H,26,27);;/q;;+1/p-1. The molecule has 0 spiro atoms. The summed E-state index contributed by atoms with van der Waals surface area (Å²) in [5.74, 6) is -6.46. The Bertz CT molecular complexity index is 494. The zero-order chi connectivity index (χ0) is 21.0. The fourth-order valence-electron chi connectivity index (χ4n) is 2.21. The molecule has 0 saturated carbocycles. The Morgan fingerprint density at radius 2 is 0.793 bits per heavy atom. The SMILES string of the molecule is O=C([O-])CN(CCN(CC(=O)O)CC(=O)O)CCN(CC(=O)O)CC(=O)O.[Fe].[Na+]. The average Bonchev–Trinajstić information content (AvgIpc) is 2.46. The summed E-state index contributed by atoms with van der Waals surface area (Å²) in [6, 6.07) is 0. The van der Waals surface area contributed by atoms with Gasteiger partial charge in [-0.15, -0.1) is 0 Å². The summed E-state index contributed by atoms with van der Waals surface area (Å²) in [5, 5.41) is 46.0. The third kappa shape index (κ3) is 19.8. The Kier molecular flexibility index (Phi) is 19.7. The van der Waals surface area contributed by atoms with Crippen molar-refractivity contribution in [2.45, 2.75) is 0 Å². The van der Waals surface area contributed by atoms with Crippen molar-refractivity contribution in [3.05, 3.63) is 0 Å². The Labute approximate surface area is 199 Å². The van der Waals surface area contributed by atoms with Crippen LogP contribution in [0.5, 0.6) is 0 Å². The second-order valence-corrected chi connectivity index (χ2v) is 5.64. The molecular formula is C14H22FeN3NaO10. The Hall–Kier alpha value is -1.25. The van der Waals surface area contributed by atoms with Gasteiger partial charge < -0.3 is 30.3 Å². The number of carbonyl (C=O) groups excluding carboxylic acids is 1. The van der Waals surface area contributed by atoms with E-state index >= 15 is 0 Å². The van der Waals surface area contributed by atoms with Crippen molar-refractivity contribution in [3.63, 3.8) is 0 Å². The Morgan fingerprint density at radius 3 is 1.00 bits per heavy atom. The van der Waals surface area contributed by atoms with Gasteiger partial charge in [-0.2, -0.15) is 0 Å². The minimum Gasteiger partial charge on any atom is -0.549 e. The van der Waals surface area contributed by atoms with Gasteiger partial charge >= 0.3 is 53.4 Å². The Balaban J connectivity index is -0.00000338. The van der Waals surface area contributed by atoms with Gasteiger partial charge in [0.2, 0.25) is 0 Å². The molecule has 4 N–H and O–H groups in total. The van der Waals surface area contributed by atoms with Crippen molar-refractivity contribution in [2.24, 2.45) is 0 Å². The van der Waals surface area contributed by atoms with Gasteiger partial charge in [0, 0.05) is 49.8 Å². The molecule has 0 heterocycles. The molecule has 0 fully saturated rings. The second-order valence-electron chi connectivity index (χ2n) is 5.64. The van der Waals surface area contributed by atoms with Crippen LogP contribution >= 0.6 is 0 Å². The van der Waals surface area contributed by atoms with Gasteiger partial charge in [-0.05, 0) is 0 Å². The van der Waals surface area contributed by atoms with Gasteiger partial charge in [0.15, 0.2) is 0 Å². The van der Waals surface area contributed by atoms with Gasteiger partial charge in [-0.25, -0.2) is 0 Å². The summed E-state index contributed by atoms with van der Waals surface area (Å²) in [7, 11) is 0. The molecule has 13 nitrogen and oxygen atoms in total. The van der Waals surface area contributed by atoms with Crippen molar-refractivity contribution in [2.75, 3.05) is 58.9 Å². The molecule has 162 valence electrons. The largest absolute Gasteiger partial charge is 1.00 e. The third-order valence-corrected chi connectivity index (χ3v) is 3.25. The normalized spacial score (nSPS) is 10.3. The van der Waals surface area contributed by atoms with Crippen LogP contribution in [0.4, 0.5) is 0 Å². The van der Waals surface area contributed by atoms with E-state index in [0.29, 0.717) is 0 Å². The van der Waals surface area contributed by atoms with Crippen molar-refractivity contribution in [3.8, 4) is 0 Å². The molecule has 0 rings (SSSR count). The molecule has 0 aromatic carbocycles. The minimum absolute atomic E-state index is 0. The van der Waals surface area contributed by atoms with Gasteiger partial charge in [0.1, 0.15) is 0 Å². The maximum absolute atomic E-state index is 10.9. The van der Waals surface area contributed by atoms with E-state index in [2.05, 4.69) is 0 Å². The van der Waals surface area contributed by atoms with E-state index in [-0.39, 0.29) is 72.8 Å². The maximum atomic E-state index is 10.9. The summed E-state index contributed by atoms with van der Waals surface area (Å²) in [6.45, 7) is -3.04. The molecule has 0 unspecified atom stereocenters. The number of carboxylic acids is 5. The summed E-state index contributed by atoms with van der Waals surface area (Å²) in [6.07, 6.45) is 0. The monoisotopic (exact) mass is 471 g/mol. The van der Waals surface area contributed by atoms with Crippen molar-refractivity contribution < 1.29 is 96.1 Å². The summed E-state index contributed by atoms with van der Waals surface area (Å²) >= 11 is 0. The third-order valence-electron chi connectivity index (χ3n) is 3.25. The van der Waals surface area contributed by atoms with E-state index in [1.54, 1.807) is 0 Å². The second kappa shape index (κ2) is 17.6. The number of carboxylic acid groups (broad SMARTS) is 5. The van der Waals surface area contributed by atoms with Crippen molar-refractivity contribution >= 4 is 29.8 Å². The summed E-state index contributed by atoms with van der Waals surface area (Å²) < 4.78 is 0. The first-order chi connectivity index (χ1) is 12.5. The topological polar surface area (TPSA) is 199 Å². The van der Waals surface area contributed by atoms with E-state index < -0.39 is 62.6 Å². The predicted octanol–water partition coefficient (Wildman–Crippen LogP) is -7.02.